The maximum atomic E-state index is 5.22. The molecular formula is C15H25N3O. The first-order valence-electron chi connectivity index (χ1n) is 7.03. The first kappa shape index (κ1) is 14.3. The topological polar surface area (TPSA) is 36.5 Å². The van der Waals surface area contributed by atoms with Gasteiger partial charge in [-0.2, -0.15) is 0 Å². The summed E-state index contributed by atoms with van der Waals surface area (Å²) in [5.41, 5.74) is 1.27. The maximum absolute atomic E-state index is 5.22. The quantitative estimate of drug-likeness (QED) is 0.753. The normalized spacial score (nSPS) is 20.4. The Kier molecular flexibility index (Phi) is 5.63. The zero-order valence-corrected chi connectivity index (χ0v) is 12.0. The van der Waals surface area contributed by atoms with E-state index in [-0.39, 0.29) is 0 Å². The fourth-order valence-electron chi connectivity index (χ4n) is 2.48. The molecule has 1 aromatic carbocycles. The number of benzene rings is 1. The number of hydrogen-bond acceptors (Lipinski definition) is 4. The van der Waals surface area contributed by atoms with Gasteiger partial charge in [-0.15, -0.1) is 0 Å². The highest BCUT2D eigenvalue weighted by Crippen LogP contribution is 2.12. The van der Waals surface area contributed by atoms with E-state index in [0.717, 1.165) is 38.5 Å². The van der Waals surface area contributed by atoms with Crippen LogP contribution in [0.2, 0.25) is 0 Å². The molecule has 0 saturated carbocycles. The van der Waals surface area contributed by atoms with Crippen molar-refractivity contribution in [3.63, 3.8) is 0 Å². The molecule has 1 atom stereocenters. The molecule has 0 spiro atoms. The summed E-state index contributed by atoms with van der Waals surface area (Å²) in [6.07, 6.45) is 1.17. The molecule has 1 aliphatic rings. The van der Waals surface area contributed by atoms with Crippen LogP contribution in [0, 0.1) is 0 Å². The van der Waals surface area contributed by atoms with Crippen molar-refractivity contribution >= 4 is 0 Å². The highest BCUT2D eigenvalue weighted by Gasteiger charge is 2.15. The maximum Gasteiger partial charge on any atom is 0.119 e. The van der Waals surface area contributed by atoms with Gasteiger partial charge in [-0.3, -0.25) is 0 Å². The van der Waals surface area contributed by atoms with Crippen molar-refractivity contribution in [3.8, 4) is 5.75 Å². The van der Waals surface area contributed by atoms with Crippen LogP contribution in [0.3, 0.4) is 0 Å². The summed E-state index contributed by atoms with van der Waals surface area (Å²) in [6, 6.07) is 8.84. The van der Waals surface area contributed by atoms with Gasteiger partial charge in [0.1, 0.15) is 5.75 Å². The number of likely N-dealkylation sites (N-methyl/N-ethyl adjacent to an activating group) is 1. The van der Waals surface area contributed by atoms with Crippen LogP contribution in [0.15, 0.2) is 24.3 Å². The highest BCUT2D eigenvalue weighted by atomic mass is 16.5. The van der Waals surface area contributed by atoms with Crippen LogP contribution >= 0.6 is 0 Å². The van der Waals surface area contributed by atoms with Gasteiger partial charge in [-0.25, -0.2) is 0 Å². The summed E-state index contributed by atoms with van der Waals surface area (Å²) in [5, 5.41) is 7.07. The van der Waals surface area contributed by atoms with Gasteiger partial charge in [-0.05, 0) is 37.7 Å². The Hall–Kier alpha value is -1.10. The molecule has 0 aromatic heterocycles. The van der Waals surface area contributed by atoms with E-state index in [4.69, 9.17) is 4.74 Å². The van der Waals surface area contributed by atoms with Gasteiger partial charge in [0.15, 0.2) is 0 Å². The average Bonchev–Trinajstić information content (AvgIpc) is 2.44. The summed E-state index contributed by atoms with van der Waals surface area (Å²) in [5.74, 6) is 0.926. The smallest absolute Gasteiger partial charge is 0.119 e. The molecule has 1 aromatic rings. The molecule has 0 amide bonds. The fraction of sp³-hybridized carbons (Fsp3) is 0.600. The molecule has 1 unspecified atom stereocenters. The first-order valence-corrected chi connectivity index (χ1v) is 7.03. The van der Waals surface area contributed by atoms with Crippen LogP contribution < -0.4 is 15.4 Å². The van der Waals surface area contributed by atoms with E-state index in [2.05, 4.69) is 34.7 Å². The summed E-state index contributed by atoms with van der Waals surface area (Å²) < 4.78 is 5.22. The Morgan fingerprint density at radius 2 is 2.37 bits per heavy atom. The van der Waals surface area contributed by atoms with E-state index in [0.29, 0.717) is 6.04 Å². The van der Waals surface area contributed by atoms with Gasteiger partial charge in [0.2, 0.25) is 0 Å². The van der Waals surface area contributed by atoms with E-state index < -0.39 is 0 Å². The van der Waals surface area contributed by atoms with Crippen molar-refractivity contribution in [3.05, 3.63) is 29.8 Å². The number of nitrogens with zero attached hydrogens (tertiary/aromatic N) is 1. The zero-order valence-electron chi connectivity index (χ0n) is 12.0. The van der Waals surface area contributed by atoms with Gasteiger partial charge in [0.25, 0.3) is 0 Å². The first-order chi connectivity index (χ1) is 9.28. The van der Waals surface area contributed by atoms with E-state index in [1.165, 1.54) is 12.0 Å². The van der Waals surface area contributed by atoms with Crippen LogP contribution in [0.1, 0.15) is 12.0 Å². The summed E-state index contributed by atoms with van der Waals surface area (Å²) >= 11 is 0. The Morgan fingerprint density at radius 1 is 1.47 bits per heavy atom. The Morgan fingerprint density at radius 3 is 3.16 bits per heavy atom. The van der Waals surface area contributed by atoms with Gasteiger partial charge in [0.05, 0.1) is 7.11 Å². The molecule has 0 bridgehead atoms. The second-order valence-corrected chi connectivity index (χ2v) is 5.23. The lowest BCUT2D eigenvalue weighted by Crippen LogP contribution is -2.49. The van der Waals surface area contributed by atoms with Crippen LogP contribution in [-0.4, -0.2) is 51.3 Å². The largest absolute Gasteiger partial charge is 0.497 e. The second-order valence-electron chi connectivity index (χ2n) is 5.23. The molecule has 19 heavy (non-hydrogen) atoms. The third-order valence-electron chi connectivity index (χ3n) is 3.59. The van der Waals surface area contributed by atoms with E-state index in [1.807, 2.05) is 12.1 Å². The monoisotopic (exact) mass is 263 g/mol. The third kappa shape index (κ3) is 4.82. The van der Waals surface area contributed by atoms with Crippen LogP contribution in [-0.2, 0) is 6.54 Å². The van der Waals surface area contributed by atoms with Crippen molar-refractivity contribution in [2.75, 3.05) is 40.3 Å². The van der Waals surface area contributed by atoms with Crippen molar-refractivity contribution in [2.24, 2.45) is 0 Å². The Bertz CT molecular complexity index is 383. The number of methoxy groups -OCH3 is 1. The molecule has 1 aliphatic heterocycles. The van der Waals surface area contributed by atoms with Crippen molar-refractivity contribution < 1.29 is 4.74 Å². The SMILES string of the molecule is COc1cccc(CNCCC2CN(C)CCN2)c1. The molecule has 0 aliphatic carbocycles. The molecule has 1 fully saturated rings. The van der Waals surface area contributed by atoms with Crippen LogP contribution in [0.25, 0.3) is 0 Å². The van der Waals surface area contributed by atoms with Gasteiger partial charge in [0, 0.05) is 32.2 Å². The minimum absolute atomic E-state index is 0.622. The number of nitrogens with one attached hydrogen (secondary N) is 2. The molecule has 0 radical (unpaired) electrons. The zero-order chi connectivity index (χ0) is 13.5. The van der Waals surface area contributed by atoms with Crippen LogP contribution in [0.5, 0.6) is 5.75 Å². The van der Waals surface area contributed by atoms with Crippen molar-refractivity contribution in [1.82, 2.24) is 15.5 Å². The number of hydrogen-bond donors (Lipinski definition) is 2. The molecule has 1 saturated heterocycles. The minimum atomic E-state index is 0.622. The molecule has 2 N–H and O–H groups in total. The second kappa shape index (κ2) is 7.48. The lowest BCUT2D eigenvalue weighted by atomic mass is 10.1. The average molecular weight is 263 g/mol. The molecule has 2 rings (SSSR count). The molecule has 4 nitrogen and oxygen atoms in total. The lowest BCUT2D eigenvalue weighted by Gasteiger charge is -2.30. The highest BCUT2D eigenvalue weighted by molar-refractivity contribution is 5.28. The predicted octanol–water partition coefficient (Wildman–Crippen LogP) is 1.08. The Balaban J connectivity index is 1.66. The minimum Gasteiger partial charge on any atom is -0.497 e. The summed E-state index contributed by atoms with van der Waals surface area (Å²) in [6.45, 7) is 5.37. The third-order valence-corrected chi connectivity index (χ3v) is 3.59. The van der Waals surface area contributed by atoms with Gasteiger partial charge >= 0.3 is 0 Å². The molecule has 1 heterocycles. The molecular weight excluding hydrogens is 238 g/mol. The fourth-order valence-corrected chi connectivity index (χ4v) is 2.48. The van der Waals surface area contributed by atoms with E-state index in [1.54, 1.807) is 7.11 Å². The molecule has 106 valence electrons. The van der Waals surface area contributed by atoms with Crippen LogP contribution in [0.4, 0.5) is 0 Å². The summed E-state index contributed by atoms with van der Waals surface area (Å²) in [4.78, 5) is 2.39. The number of ether oxygens (including phenoxy) is 1. The van der Waals surface area contributed by atoms with Crippen molar-refractivity contribution in [2.45, 2.75) is 19.0 Å². The predicted molar refractivity (Wildman–Crippen MR) is 78.6 cm³/mol. The Labute approximate surface area is 116 Å². The number of piperazine rings is 1. The molecule has 4 heteroatoms. The van der Waals surface area contributed by atoms with Crippen molar-refractivity contribution in [1.29, 1.82) is 0 Å². The lowest BCUT2D eigenvalue weighted by molar-refractivity contribution is 0.231. The van der Waals surface area contributed by atoms with E-state index in [9.17, 15) is 0 Å². The summed E-state index contributed by atoms with van der Waals surface area (Å²) in [7, 11) is 3.90. The standard InChI is InChI=1S/C15H25N3O/c1-18-9-8-17-14(12-18)6-7-16-11-13-4-3-5-15(10-13)19-2/h3-5,10,14,16-17H,6-9,11-12H2,1-2H3. The van der Waals surface area contributed by atoms with E-state index >= 15 is 0 Å². The van der Waals surface area contributed by atoms with Gasteiger partial charge < -0.3 is 20.3 Å². The van der Waals surface area contributed by atoms with Gasteiger partial charge in [-0.1, -0.05) is 12.1 Å². The number of rotatable bonds is 6.